The number of hydrogen-bond donors (Lipinski definition) is 0. The zero-order valence-electron chi connectivity index (χ0n) is 12.1. The predicted molar refractivity (Wildman–Crippen MR) is 79.1 cm³/mol. The van der Waals surface area contributed by atoms with E-state index in [-0.39, 0.29) is 11.5 Å². The fraction of sp³-hybridized carbons (Fsp3) is 0.533. The van der Waals surface area contributed by atoms with Crippen LogP contribution in [0.4, 0.5) is 0 Å². The maximum absolute atomic E-state index is 12.2. The zero-order chi connectivity index (χ0) is 14.7. The number of amides is 1. The monoisotopic (exact) mass is 288 g/mol. The molecule has 3 rings (SSSR count). The van der Waals surface area contributed by atoms with Crippen molar-refractivity contribution in [2.45, 2.75) is 38.6 Å². The molecule has 1 fully saturated rings. The van der Waals surface area contributed by atoms with E-state index in [1.54, 1.807) is 33.7 Å². The van der Waals surface area contributed by atoms with Crippen LogP contribution in [-0.2, 0) is 11.3 Å². The van der Waals surface area contributed by atoms with Crippen molar-refractivity contribution in [2.75, 3.05) is 13.1 Å². The molecule has 112 valence electrons. The SMILES string of the molecule is O=C(CCn1ccn2nccc2c1=O)N1CCCCCC1. The number of fused-ring (bicyclic) bond motifs is 1. The highest BCUT2D eigenvalue weighted by atomic mass is 16.2. The van der Waals surface area contributed by atoms with E-state index in [1.165, 1.54) is 12.8 Å². The second-order valence-corrected chi connectivity index (χ2v) is 5.50. The second-order valence-electron chi connectivity index (χ2n) is 5.50. The Morgan fingerprint density at radius 2 is 1.90 bits per heavy atom. The van der Waals surface area contributed by atoms with E-state index < -0.39 is 0 Å². The molecule has 2 aromatic rings. The van der Waals surface area contributed by atoms with Crippen LogP contribution in [0.2, 0.25) is 0 Å². The molecule has 1 amide bonds. The third kappa shape index (κ3) is 2.99. The normalized spacial score (nSPS) is 16.1. The molecule has 1 aliphatic heterocycles. The molecule has 21 heavy (non-hydrogen) atoms. The van der Waals surface area contributed by atoms with Gasteiger partial charge in [-0.2, -0.15) is 5.10 Å². The van der Waals surface area contributed by atoms with Gasteiger partial charge in [-0.3, -0.25) is 9.59 Å². The minimum atomic E-state index is -0.0985. The van der Waals surface area contributed by atoms with Crippen molar-refractivity contribution < 1.29 is 4.79 Å². The van der Waals surface area contributed by atoms with Crippen molar-refractivity contribution in [1.82, 2.24) is 19.1 Å². The maximum atomic E-state index is 12.2. The van der Waals surface area contributed by atoms with Crippen molar-refractivity contribution in [1.29, 1.82) is 0 Å². The molecule has 1 saturated heterocycles. The molecule has 1 aliphatic rings. The zero-order valence-corrected chi connectivity index (χ0v) is 12.1. The lowest BCUT2D eigenvalue weighted by molar-refractivity contribution is -0.131. The van der Waals surface area contributed by atoms with Gasteiger partial charge in [0.15, 0.2) is 0 Å². The van der Waals surface area contributed by atoms with Gasteiger partial charge in [0, 0.05) is 38.4 Å². The van der Waals surface area contributed by atoms with Gasteiger partial charge in [-0.1, -0.05) is 12.8 Å². The number of carbonyl (C=O) groups is 1. The summed E-state index contributed by atoms with van der Waals surface area (Å²) in [5.41, 5.74) is 0.443. The first kappa shape index (κ1) is 13.9. The number of aromatic nitrogens is 3. The molecule has 0 aromatic carbocycles. The molecule has 0 unspecified atom stereocenters. The molecule has 0 aliphatic carbocycles. The van der Waals surface area contributed by atoms with Crippen molar-refractivity contribution >= 4 is 11.4 Å². The van der Waals surface area contributed by atoms with E-state index in [1.807, 2.05) is 4.90 Å². The minimum absolute atomic E-state index is 0.0985. The maximum Gasteiger partial charge on any atom is 0.276 e. The molecule has 6 nitrogen and oxygen atoms in total. The van der Waals surface area contributed by atoms with Gasteiger partial charge in [0.05, 0.1) is 6.20 Å². The lowest BCUT2D eigenvalue weighted by atomic mass is 10.2. The summed E-state index contributed by atoms with van der Waals surface area (Å²) in [6.45, 7) is 2.14. The molecule has 0 N–H and O–H groups in total. The standard InChI is InChI=1S/C15H20N4O2/c20-14(17-8-3-1-2-4-9-17)6-10-18-11-12-19-13(15(18)21)5-7-16-19/h5,7,11-12H,1-4,6,8-10H2. The van der Waals surface area contributed by atoms with Crippen LogP contribution in [0.3, 0.4) is 0 Å². The first-order chi connectivity index (χ1) is 10.3. The Bertz CT molecular complexity index is 680. The Kier molecular flexibility index (Phi) is 4.03. The topological polar surface area (TPSA) is 59.6 Å². The molecule has 6 heteroatoms. The Hall–Kier alpha value is -2.11. The summed E-state index contributed by atoms with van der Waals surface area (Å²) in [7, 11) is 0. The fourth-order valence-electron chi connectivity index (χ4n) is 2.83. The number of rotatable bonds is 3. The van der Waals surface area contributed by atoms with E-state index in [9.17, 15) is 9.59 Å². The summed E-state index contributed by atoms with van der Waals surface area (Å²) in [6.07, 6.45) is 10.0. The molecule has 0 spiro atoms. The van der Waals surface area contributed by atoms with Crippen molar-refractivity contribution in [3.8, 4) is 0 Å². The predicted octanol–water partition coefficient (Wildman–Crippen LogP) is 1.29. The minimum Gasteiger partial charge on any atom is -0.343 e. The molecule has 0 atom stereocenters. The Labute approximate surface area is 123 Å². The van der Waals surface area contributed by atoms with Crippen LogP contribution >= 0.6 is 0 Å². The third-order valence-corrected chi connectivity index (χ3v) is 4.06. The summed E-state index contributed by atoms with van der Waals surface area (Å²) < 4.78 is 3.14. The van der Waals surface area contributed by atoms with Crippen molar-refractivity contribution in [2.24, 2.45) is 0 Å². The molecule has 2 aromatic heterocycles. The Morgan fingerprint density at radius 1 is 1.14 bits per heavy atom. The summed E-state index contributed by atoms with van der Waals surface area (Å²) in [6, 6.07) is 1.69. The Morgan fingerprint density at radius 3 is 2.67 bits per heavy atom. The lowest BCUT2D eigenvalue weighted by Gasteiger charge is -2.20. The third-order valence-electron chi connectivity index (χ3n) is 4.06. The average molecular weight is 288 g/mol. The van der Waals surface area contributed by atoms with Gasteiger partial charge in [0.25, 0.3) is 5.56 Å². The number of nitrogens with zero attached hydrogens (tertiary/aromatic N) is 4. The Balaban J connectivity index is 1.66. The molecule has 0 saturated carbocycles. The number of carbonyl (C=O) groups excluding carboxylic acids is 1. The van der Waals surface area contributed by atoms with E-state index in [0.29, 0.717) is 18.5 Å². The summed E-state index contributed by atoms with van der Waals surface area (Å²) in [5, 5.41) is 4.03. The summed E-state index contributed by atoms with van der Waals surface area (Å²) in [5.74, 6) is 0.150. The quantitative estimate of drug-likeness (QED) is 0.855. The van der Waals surface area contributed by atoms with E-state index in [2.05, 4.69) is 5.10 Å². The van der Waals surface area contributed by atoms with Crippen LogP contribution in [0.1, 0.15) is 32.1 Å². The van der Waals surface area contributed by atoms with Crippen LogP contribution in [0.25, 0.3) is 5.52 Å². The smallest absolute Gasteiger partial charge is 0.276 e. The lowest BCUT2D eigenvalue weighted by Crippen LogP contribution is -2.33. The van der Waals surface area contributed by atoms with Gasteiger partial charge >= 0.3 is 0 Å². The van der Waals surface area contributed by atoms with Crippen LogP contribution < -0.4 is 5.56 Å². The first-order valence-electron chi connectivity index (χ1n) is 7.56. The first-order valence-corrected chi connectivity index (χ1v) is 7.56. The largest absolute Gasteiger partial charge is 0.343 e. The van der Waals surface area contributed by atoms with Crippen LogP contribution in [0.5, 0.6) is 0 Å². The summed E-state index contributed by atoms with van der Waals surface area (Å²) >= 11 is 0. The number of hydrogen-bond acceptors (Lipinski definition) is 3. The molecule has 0 bridgehead atoms. The van der Waals surface area contributed by atoms with Gasteiger partial charge < -0.3 is 9.47 Å². The van der Waals surface area contributed by atoms with Crippen LogP contribution in [0.15, 0.2) is 29.5 Å². The van der Waals surface area contributed by atoms with E-state index in [0.717, 1.165) is 25.9 Å². The van der Waals surface area contributed by atoms with Gasteiger partial charge in [-0.15, -0.1) is 0 Å². The number of aryl methyl sites for hydroxylation is 1. The van der Waals surface area contributed by atoms with Crippen molar-refractivity contribution in [3.05, 3.63) is 35.0 Å². The van der Waals surface area contributed by atoms with E-state index >= 15 is 0 Å². The van der Waals surface area contributed by atoms with Gasteiger partial charge in [0.2, 0.25) is 5.91 Å². The number of likely N-dealkylation sites (tertiary alicyclic amines) is 1. The van der Waals surface area contributed by atoms with E-state index in [4.69, 9.17) is 0 Å². The highest BCUT2D eigenvalue weighted by molar-refractivity contribution is 5.76. The van der Waals surface area contributed by atoms with Gasteiger partial charge in [-0.05, 0) is 18.9 Å². The van der Waals surface area contributed by atoms with Crippen molar-refractivity contribution in [3.63, 3.8) is 0 Å². The van der Waals surface area contributed by atoms with Gasteiger partial charge in [-0.25, -0.2) is 4.52 Å². The van der Waals surface area contributed by atoms with Crippen LogP contribution in [0, 0.1) is 0 Å². The molecular formula is C15H20N4O2. The average Bonchev–Trinajstić information content (AvgIpc) is 2.81. The highest BCUT2D eigenvalue weighted by Gasteiger charge is 2.15. The molecule has 3 heterocycles. The second kappa shape index (κ2) is 6.11. The highest BCUT2D eigenvalue weighted by Crippen LogP contribution is 2.10. The van der Waals surface area contributed by atoms with Crippen LogP contribution in [-0.4, -0.2) is 38.1 Å². The molecular weight excluding hydrogens is 268 g/mol. The molecule has 0 radical (unpaired) electrons. The summed E-state index contributed by atoms with van der Waals surface area (Å²) in [4.78, 5) is 26.4. The van der Waals surface area contributed by atoms with Gasteiger partial charge in [0.1, 0.15) is 5.52 Å². The fourth-order valence-corrected chi connectivity index (χ4v) is 2.83.